The Bertz CT molecular complexity index is 1020. The first-order valence-electron chi connectivity index (χ1n) is 10.0. The van der Waals surface area contributed by atoms with Crippen molar-refractivity contribution in [1.82, 2.24) is 14.8 Å². The molecule has 2 heterocycles. The molecule has 4 rings (SSSR count). The summed E-state index contributed by atoms with van der Waals surface area (Å²) in [4.78, 5) is 14.9. The molecule has 3 aromatic rings. The number of aryl methyl sites for hydroxylation is 1. The van der Waals surface area contributed by atoms with E-state index in [2.05, 4.69) is 20.1 Å². The van der Waals surface area contributed by atoms with Crippen LogP contribution >= 0.6 is 11.6 Å². The minimum atomic E-state index is -0.267. The highest BCUT2D eigenvalue weighted by atomic mass is 35.5. The second-order valence-electron chi connectivity index (χ2n) is 7.22. The molecule has 0 bridgehead atoms. The van der Waals surface area contributed by atoms with Gasteiger partial charge in [0.05, 0.1) is 13.7 Å². The van der Waals surface area contributed by atoms with Crippen LogP contribution < -0.4 is 15.0 Å². The topological polar surface area (TPSA) is 72.3 Å². The quantitative estimate of drug-likeness (QED) is 0.630. The van der Waals surface area contributed by atoms with Gasteiger partial charge >= 0.3 is 6.03 Å². The zero-order chi connectivity index (χ0) is 20.9. The predicted molar refractivity (Wildman–Crippen MR) is 117 cm³/mol. The molecule has 2 amide bonds. The highest BCUT2D eigenvalue weighted by Gasteiger charge is 2.22. The van der Waals surface area contributed by atoms with Gasteiger partial charge < -0.3 is 14.6 Å². The second kappa shape index (κ2) is 9.17. The zero-order valence-electron chi connectivity index (χ0n) is 16.8. The third-order valence-corrected chi connectivity index (χ3v) is 5.44. The van der Waals surface area contributed by atoms with E-state index in [0.717, 1.165) is 37.5 Å². The van der Waals surface area contributed by atoms with E-state index in [4.69, 9.17) is 16.3 Å². The Morgan fingerprint density at radius 3 is 2.80 bits per heavy atom. The number of nitrogens with one attached hydrogen (secondary N) is 1. The SMILES string of the molecule is COc1cccc(N(Cc2nnc3n2CCCCC3)C(=O)Nc2ccc(Cl)cc2)c1. The summed E-state index contributed by atoms with van der Waals surface area (Å²) < 4.78 is 7.50. The summed E-state index contributed by atoms with van der Waals surface area (Å²) >= 11 is 5.96. The number of carbonyl (C=O) groups excluding carboxylic acids is 1. The Labute approximate surface area is 180 Å². The molecule has 0 radical (unpaired) electrons. The normalized spacial score (nSPS) is 13.3. The van der Waals surface area contributed by atoms with Gasteiger partial charge in [-0.1, -0.05) is 24.1 Å². The monoisotopic (exact) mass is 425 g/mol. The van der Waals surface area contributed by atoms with Crippen molar-refractivity contribution < 1.29 is 9.53 Å². The number of anilines is 2. The number of fused-ring (bicyclic) bond motifs is 1. The minimum Gasteiger partial charge on any atom is -0.497 e. The lowest BCUT2D eigenvalue weighted by atomic mass is 10.2. The molecule has 1 aliphatic rings. The molecule has 0 spiro atoms. The summed E-state index contributed by atoms with van der Waals surface area (Å²) in [6.07, 6.45) is 4.31. The first-order valence-corrected chi connectivity index (χ1v) is 10.4. The molecule has 0 saturated heterocycles. The summed E-state index contributed by atoms with van der Waals surface area (Å²) in [5.41, 5.74) is 1.38. The highest BCUT2D eigenvalue weighted by Crippen LogP contribution is 2.25. The number of aromatic nitrogens is 3. The van der Waals surface area contributed by atoms with E-state index in [1.54, 1.807) is 36.3 Å². The van der Waals surface area contributed by atoms with Crippen molar-refractivity contribution in [3.05, 3.63) is 65.2 Å². The van der Waals surface area contributed by atoms with Gasteiger partial charge in [0.25, 0.3) is 0 Å². The van der Waals surface area contributed by atoms with Crippen molar-refractivity contribution in [1.29, 1.82) is 0 Å². The van der Waals surface area contributed by atoms with Crippen LogP contribution in [-0.2, 0) is 19.5 Å². The van der Waals surface area contributed by atoms with Gasteiger partial charge in [-0.05, 0) is 49.2 Å². The molecule has 156 valence electrons. The fourth-order valence-corrected chi connectivity index (χ4v) is 3.71. The maximum absolute atomic E-state index is 13.2. The number of urea groups is 1. The third kappa shape index (κ3) is 4.57. The van der Waals surface area contributed by atoms with Crippen LogP contribution in [0.25, 0.3) is 0 Å². The van der Waals surface area contributed by atoms with Crippen molar-refractivity contribution in [2.75, 3.05) is 17.3 Å². The standard InChI is InChI=1S/C22H24ClN5O2/c1-30-19-7-5-6-18(14-19)28(22(29)24-17-11-9-16(23)10-12-17)15-21-26-25-20-8-3-2-4-13-27(20)21/h5-7,9-12,14H,2-4,8,13,15H2,1H3,(H,24,29). The molecule has 0 atom stereocenters. The molecular formula is C22H24ClN5O2. The van der Waals surface area contributed by atoms with Gasteiger partial charge in [-0.25, -0.2) is 4.79 Å². The molecule has 0 aliphatic carbocycles. The molecule has 1 aromatic heterocycles. The second-order valence-corrected chi connectivity index (χ2v) is 7.66. The van der Waals surface area contributed by atoms with Crippen LogP contribution in [0.4, 0.5) is 16.2 Å². The van der Waals surface area contributed by atoms with E-state index in [1.165, 1.54) is 6.42 Å². The van der Waals surface area contributed by atoms with Crippen molar-refractivity contribution in [2.45, 2.75) is 38.8 Å². The molecule has 30 heavy (non-hydrogen) atoms. The van der Waals surface area contributed by atoms with Gasteiger partial charge in [0, 0.05) is 35.4 Å². The first kappa shape index (κ1) is 20.2. The lowest BCUT2D eigenvalue weighted by Gasteiger charge is -2.23. The van der Waals surface area contributed by atoms with E-state index in [9.17, 15) is 4.79 Å². The van der Waals surface area contributed by atoms with Crippen molar-refractivity contribution >= 4 is 29.0 Å². The number of hydrogen-bond donors (Lipinski definition) is 1. The highest BCUT2D eigenvalue weighted by molar-refractivity contribution is 6.30. The summed E-state index contributed by atoms with van der Waals surface area (Å²) in [6.45, 7) is 1.18. The molecule has 2 aromatic carbocycles. The number of benzene rings is 2. The van der Waals surface area contributed by atoms with E-state index in [1.807, 2.05) is 24.3 Å². The van der Waals surface area contributed by atoms with E-state index >= 15 is 0 Å². The lowest BCUT2D eigenvalue weighted by molar-refractivity contribution is 0.256. The number of rotatable bonds is 5. The molecule has 8 heteroatoms. The Kier molecular flexibility index (Phi) is 6.18. The van der Waals surface area contributed by atoms with Crippen LogP contribution in [0.2, 0.25) is 5.02 Å². The van der Waals surface area contributed by atoms with Crippen molar-refractivity contribution in [2.24, 2.45) is 0 Å². The molecule has 7 nitrogen and oxygen atoms in total. The Morgan fingerprint density at radius 1 is 1.17 bits per heavy atom. The molecular weight excluding hydrogens is 402 g/mol. The van der Waals surface area contributed by atoms with Crippen LogP contribution in [0.3, 0.4) is 0 Å². The molecule has 0 fully saturated rings. The Morgan fingerprint density at radius 2 is 2.00 bits per heavy atom. The van der Waals surface area contributed by atoms with Gasteiger partial charge in [-0.15, -0.1) is 10.2 Å². The van der Waals surface area contributed by atoms with E-state index in [-0.39, 0.29) is 6.03 Å². The Hall–Kier alpha value is -3.06. The van der Waals surface area contributed by atoms with Crippen LogP contribution in [0.15, 0.2) is 48.5 Å². The van der Waals surface area contributed by atoms with Gasteiger partial charge in [-0.3, -0.25) is 4.90 Å². The Balaban J connectivity index is 1.64. The summed E-state index contributed by atoms with van der Waals surface area (Å²) in [5.74, 6) is 2.45. The van der Waals surface area contributed by atoms with Crippen molar-refractivity contribution in [3.8, 4) is 5.75 Å². The van der Waals surface area contributed by atoms with E-state index in [0.29, 0.717) is 28.7 Å². The lowest BCUT2D eigenvalue weighted by Crippen LogP contribution is -2.35. The summed E-state index contributed by atoms with van der Waals surface area (Å²) in [5, 5.41) is 12.3. The average Bonchev–Trinajstić information content (AvgIpc) is 2.99. The molecule has 1 N–H and O–H groups in total. The summed E-state index contributed by atoms with van der Waals surface area (Å²) in [7, 11) is 1.61. The van der Waals surface area contributed by atoms with Gasteiger partial charge in [0.2, 0.25) is 0 Å². The number of halogens is 1. The maximum atomic E-state index is 13.2. The minimum absolute atomic E-state index is 0.267. The smallest absolute Gasteiger partial charge is 0.326 e. The van der Waals surface area contributed by atoms with Crippen molar-refractivity contribution in [3.63, 3.8) is 0 Å². The fourth-order valence-electron chi connectivity index (χ4n) is 3.59. The predicted octanol–water partition coefficient (Wildman–Crippen LogP) is 4.91. The maximum Gasteiger partial charge on any atom is 0.326 e. The van der Waals surface area contributed by atoms with Crippen LogP contribution in [-0.4, -0.2) is 27.9 Å². The molecule has 1 aliphatic heterocycles. The van der Waals surface area contributed by atoms with Crippen LogP contribution in [0.1, 0.15) is 30.9 Å². The number of methoxy groups -OCH3 is 1. The number of carbonyl (C=O) groups is 1. The van der Waals surface area contributed by atoms with Gasteiger partial charge in [-0.2, -0.15) is 0 Å². The summed E-state index contributed by atoms with van der Waals surface area (Å²) in [6, 6.07) is 14.2. The average molecular weight is 426 g/mol. The van der Waals surface area contributed by atoms with Gasteiger partial charge in [0.15, 0.2) is 5.82 Å². The number of ether oxygens (including phenoxy) is 1. The van der Waals surface area contributed by atoms with E-state index < -0.39 is 0 Å². The first-order chi connectivity index (χ1) is 14.6. The molecule has 0 unspecified atom stereocenters. The number of amides is 2. The van der Waals surface area contributed by atoms with Crippen LogP contribution in [0, 0.1) is 0 Å². The largest absolute Gasteiger partial charge is 0.497 e. The fraction of sp³-hybridized carbons (Fsp3) is 0.318. The zero-order valence-corrected chi connectivity index (χ0v) is 17.6. The molecule has 0 saturated carbocycles. The number of hydrogen-bond acceptors (Lipinski definition) is 4. The third-order valence-electron chi connectivity index (χ3n) is 5.19. The van der Waals surface area contributed by atoms with Crippen LogP contribution in [0.5, 0.6) is 5.75 Å². The number of nitrogens with zero attached hydrogens (tertiary/aromatic N) is 4. The van der Waals surface area contributed by atoms with Gasteiger partial charge in [0.1, 0.15) is 11.6 Å².